The van der Waals surface area contributed by atoms with E-state index in [1.54, 1.807) is 24.3 Å². The van der Waals surface area contributed by atoms with Crippen LogP contribution in [0.15, 0.2) is 46.9 Å². The molecule has 2 aromatic carbocycles. The third-order valence-electron chi connectivity index (χ3n) is 3.68. The molecular weight excluding hydrogens is 380 g/mol. The lowest BCUT2D eigenvalue weighted by Crippen LogP contribution is -2.36. The summed E-state index contributed by atoms with van der Waals surface area (Å²) in [6.07, 6.45) is 0. The third-order valence-corrected chi connectivity index (χ3v) is 4.64. The van der Waals surface area contributed by atoms with Crippen LogP contribution >= 0.6 is 27.5 Å². The Morgan fingerprint density at radius 2 is 1.91 bits per heavy atom. The van der Waals surface area contributed by atoms with Gasteiger partial charge in [0, 0.05) is 23.2 Å². The van der Waals surface area contributed by atoms with Crippen molar-refractivity contribution < 1.29 is 9.53 Å². The Bertz CT molecular complexity index is 717. The van der Waals surface area contributed by atoms with Gasteiger partial charge in [-0.15, -0.1) is 0 Å². The number of nitrogens with zero attached hydrogens (tertiary/aromatic N) is 1. The molecule has 0 saturated carbocycles. The van der Waals surface area contributed by atoms with Gasteiger partial charge in [0.05, 0.1) is 29.5 Å². The predicted molar refractivity (Wildman–Crippen MR) is 96.6 cm³/mol. The van der Waals surface area contributed by atoms with E-state index < -0.39 is 0 Å². The summed E-state index contributed by atoms with van der Waals surface area (Å²) in [5.74, 6) is -0.221. The Labute approximate surface area is 148 Å². The molecule has 1 heterocycles. The highest BCUT2D eigenvalue weighted by Gasteiger charge is 2.15. The van der Waals surface area contributed by atoms with Crippen LogP contribution in [0.4, 0.5) is 11.4 Å². The van der Waals surface area contributed by atoms with Crippen molar-refractivity contribution in [3.63, 3.8) is 0 Å². The van der Waals surface area contributed by atoms with E-state index in [9.17, 15) is 4.79 Å². The zero-order valence-electron chi connectivity index (χ0n) is 12.4. The van der Waals surface area contributed by atoms with Gasteiger partial charge in [-0.3, -0.25) is 4.79 Å². The molecule has 1 N–H and O–H groups in total. The average molecular weight is 396 g/mol. The number of hydrogen-bond donors (Lipinski definition) is 1. The lowest BCUT2D eigenvalue weighted by atomic mass is 10.2. The molecule has 1 amide bonds. The molecule has 23 heavy (non-hydrogen) atoms. The molecule has 1 saturated heterocycles. The number of morpholine rings is 1. The summed E-state index contributed by atoms with van der Waals surface area (Å²) in [6.45, 7) is 3.20. The van der Waals surface area contributed by atoms with Crippen molar-refractivity contribution in [3.8, 4) is 0 Å². The molecular formula is C17H16BrClN2O2. The van der Waals surface area contributed by atoms with Crippen LogP contribution in [0.5, 0.6) is 0 Å². The molecule has 1 aliphatic heterocycles. The van der Waals surface area contributed by atoms with Gasteiger partial charge in [-0.25, -0.2) is 0 Å². The topological polar surface area (TPSA) is 41.6 Å². The van der Waals surface area contributed by atoms with Gasteiger partial charge >= 0.3 is 0 Å². The first-order valence-corrected chi connectivity index (χ1v) is 8.50. The van der Waals surface area contributed by atoms with Crippen LogP contribution in [0.3, 0.4) is 0 Å². The summed E-state index contributed by atoms with van der Waals surface area (Å²) in [5, 5.41) is 3.31. The summed E-state index contributed by atoms with van der Waals surface area (Å²) in [6, 6.07) is 12.8. The molecule has 0 radical (unpaired) electrons. The smallest absolute Gasteiger partial charge is 0.257 e. The summed E-state index contributed by atoms with van der Waals surface area (Å²) in [7, 11) is 0. The number of carbonyl (C=O) groups excluding carboxylic acids is 1. The van der Waals surface area contributed by atoms with E-state index in [4.69, 9.17) is 16.3 Å². The quantitative estimate of drug-likeness (QED) is 0.847. The van der Waals surface area contributed by atoms with Gasteiger partial charge in [0.1, 0.15) is 0 Å². The number of nitrogens with one attached hydrogen (secondary N) is 1. The molecule has 0 aliphatic carbocycles. The molecule has 120 valence electrons. The number of carbonyl (C=O) groups is 1. The maximum absolute atomic E-state index is 12.3. The SMILES string of the molecule is O=C(Nc1ccc(N2CCOCC2)c(Br)c1)c1ccccc1Cl. The number of halogens is 2. The lowest BCUT2D eigenvalue weighted by Gasteiger charge is -2.29. The standard InChI is InChI=1S/C17H16BrClN2O2/c18-14-11-12(5-6-16(14)21-7-9-23-10-8-21)20-17(22)13-3-1-2-4-15(13)19/h1-6,11H,7-10H2,(H,20,22). The highest BCUT2D eigenvalue weighted by molar-refractivity contribution is 9.10. The lowest BCUT2D eigenvalue weighted by molar-refractivity contribution is 0.102. The molecule has 3 rings (SSSR count). The number of benzene rings is 2. The first-order valence-electron chi connectivity index (χ1n) is 7.33. The van der Waals surface area contributed by atoms with E-state index in [0.29, 0.717) is 10.6 Å². The van der Waals surface area contributed by atoms with E-state index in [-0.39, 0.29) is 5.91 Å². The summed E-state index contributed by atoms with van der Waals surface area (Å²) in [5.41, 5.74) is 2.28. The monoisotopic (exact) mass is 394 g/mol. The molecule has 0 unspecified atom stereocenters. The minimum absolute atomic E-state index is 0.221. The second kappa shape index (κ2) is 7.34. The van der Waals surface area contributed by atoms with Gasteiger partial charge in [0.15, 0.2) is 0 Å². The molecule has 1 aliphatic rings. The summed E-state index contributed by atoms with van der Waals surface area (Å²) < 4.78 is 6.31. The van der Waals surface area contributed by atoms with E-state index >= 15 is 0 Å². The van der Waals surface area contributed by atoms with Crippen molar-refractivity contribution in [2.75, 3.05) is 36.5 Å². The Kier molecular flexibility index (Phi) is 5.20. The Hall–Kier alpha value is -1.56. The van der Waals surface area contributed by atoms with Crippen molar-refractivity contribution in [2.24, 2.45) is 0 Å². The Balaban J connectivity index is 1.75. The van der Waals surface area contributed by atoms with Gasteiger partial charge in [0.2, 0.25) is 0 Å². The number of rotatable bonds is 3. The van der Waals surface area contributed by atoms with Crippen molar-refractivity contribution >= 4 is 44.8 Å². The fourth-order valence-electron chi connectivity index (χ4n) is 2.49. The van der Waals surface area contributed by atoms with E-state index in [2.05, 4.69) is 26.1 Å². The number of anilines is 2. The van der Waals surface area contributed by atoms with Crippen molar-refractivity contribution in [1.82, 2.24) is 0 Å². The minimum atomic E-state index is -0.221. The molecule has 6 heteroatoms. The van der Waals surface area contributed by atoms with Crippen molar-refractivity contribution in [3.05, 3.63) is 57.5 Å². The molecule has 0 spiro atoms. The largest absolute Gasteiger partial charge is 0.378 e. The number of hydrogen-bond acceptors (Lipinski definition) is 3. The molecule has 2 aromatic rings. The van der Waals surface area contributed by atoms with E-state index in [1.807, 2.05) is 18.2 Å². The van der Waals surface area contributed by atoms with Crippen molar-refractivity contribution in [1.29, 1.82) is 0 Å². The predicted octanol–water partition coefficient (Wildman–Crippen LogP) is 4.19. The van der Waals surface area contributed by atoms with Crippen LogP contribution in [0, 0.1) is 0 Å². The zero-order valence-corrected chi connectivity index (χ0v) is 14.7. The summed E-state index contributed by atoms with van der Waals surface area (Å²) >= 11 is 9.64. The molecule has 0 bridgehead atoms. The highest BCUT2D eigenvalue weighted by atomic mass is 79.9. The van der Waals surface area contributed by atoms with Crippen LogP contribution < -0.4 is 10.2 Å². The van der Waals surface area contributed by atoms with Gasteiger partial charge in [-0.05, 0) is 46.3 Å². The molecule has 0 atom stereocenters. The highest BCUT2D eigenvalue weighted by Crippen LogP contribution is 2.30. The third kappa shape index (κ3) is 3.86. The first kappa shape index (κ1) is 16.3. The van der Waals surface area contributed by atoms with Crippen LogP contribution in [0.25, 0.3) is 0 Å². The van der Waals surface area contributed by atoms with Crippen molar-refractivity contribution in [2.45, 2.75) is 0 Å². The molecule has 4 nitrogen and oxygen atoms in total. The second-order valence-electron chi connectivity index (χ2n) is 5.20. The van der Waals surface area contributed by atoms with E-state index in [1.165, 1.54) is 0 Å². The fourth-order valence-corrected chi connectivity index (χ4v) is 3.34. The van der Waals surface area contributed by atoms with Crippen LogP contribution in [0.2, 0.25) is 5.02 Å². The van der Waals surface area contributed by atoms with Crippen LogP contribution in [-0.2, 0) is 4.74 Å². The van der Waals surface area contributed by atoms with Crippen LogP contribution in [0.1, 0.15) is 10.4 Å². The van der Waals surface area contributed by atoms with Gasteiger partial charge < -0.3 is 15.0 Å². The van der Waals surface area contributed by atoms with E-state index in [0.717, 1.165) is 42.2 Å². The molecule has 0 aromatic heterocycles. The summed E-state index contributed by atoms with van der Waals surface area (Å²) in [4.78, 5) is 14.6. The normalized spacial score (nSPS) is 14.6. The van der Waals surface area contributed by atoms with Crippen LogP contribution in [-0.4, -0.2) is 32.2 Å². The maximum Gasteiger partial charge on any atom is 0.257 e. The maximum atomic E-state index is 12.3. The van der Waals surface area contributed by atoms with Gasteiger partial charge in [-0.2, -0.15) is 0 Å². The molecule has 1 fully saturated rings. The average Bonchev–Trinajstić information content (AvgIpc) is 2.56. The van der Waals surface area contributed by atoms with Gasteiger partial charge in [0.25, 0.3) is 5.91 Å². The Morgan fingerprint density at radius 3 is 2.61 bits per heavy atom. The minimum Gasteiger partial charge on any atom is -0.378 e. The zero-order chi connectivity index (χ0) is 16.2. The first-order chi connectivity index (χ1) is 11.1. The second-order valence-corrected chi connectivity index (χ2v) is 6.46. The number of amides is 1. The fraction of sp³-hybridized carbons (Fsp3) is 0.235. The van der Waals surface area contributed by atoms with Gasteiger partial charge in [-0.1, -0.05) is 23.7 Å². The number of ether oxygens (including phenoxy) is 1. The Morgan fingerprint density at radius 1 is 1.17 bits per heavy atom.